The second kappa shape index (κ2) is 10.0. The molecule has 1 amide bonds. The molecule has 1 N–H and O–H groups in total. The van der Waals surface area contributed by atoms with Gasteiger partial charge in [-0.15, -0.1) is 0 Å². The van der Waals surface area contributed by atoms with Crippen LogP contribution in [0.4, 0.5) is 0 Å². The van der Waals surface area contributed by atoms with Gasteiger partial charge in [-0.05, 0) is 68.9 Å². The fourth-order valence-electron chi connectivity index (χ4n) is 4.82. The van der Waals surface area contributed by atoms with E-state index in [-0.39, 0.29) is 11.9 Å². The Morgan fingerprint density at radius 3 is 2.67 bits per heavy atom. The van der Waals surface area contributed by atoms with Crippen molar-refractivity contribution in [2.75, 3.05) is 6.61 Å². The molecule has 2 atom stereocenters. The minimum absolute atomic E-state index is 0.0448. The molecule has 0 spiro atoms. The van der Waals surface area contributed by atoms with Crippen LogP contribution in [-0.4, -0.2) is 18.6 Å². The molecular weight excluding hydrogens is 434 g/mol. The number of aryl methyl sites for hydroxylation is 1. The third kappa shape index (κ3) is 4.96. The van der Waals surface area contributed by atoms with E-state index in [0.717, 1.165) is 51.0 Å². The van der Waals surface area contributed by atoms with Gasteiger partial charge in [-0.25, -0.2) is 0 Å². The summed E-state index contributed by atoms with van der Waals surface area (Å²) in [5.74, 6) is 1.23. The molecule has 2 aromatic carbocycles. The van der Waals surface area contributed by atoms with E-state index in [9.17, 15) is 4.79 Å². The van der Waals surface area contributed by atoms with Crippen molar-refractivity contribution in [3.05, 3.63) is 58.8 Å². The Morgan fingerprint density at radius 2 is 1.97 bits per heavy atom. The van der Waals surface area contributed by atoms with Crippen LogP contribution < -0.4 is 10.1 Å². The van der Waals surface area contributed by atoms with E-state index in [0.29, 0.717) is 17.5 Å². The quantitative estimate of drug-likeness (QED) is 0.382. The van der Waals surface area contributed by atoms with Gasteiger partial charge in [0.25, 0.3) is 0 Å². The van der Waals surface area contributed by atoms with Crippen LogP contribution in [0.2, 0.25) is 5.02 Å². The Balaban J connectivity index is 1.73. The largest absolute Gasteiger partial charge is 0.493 e. The molecule has 174 valence electrons. The summed E-state index contributed by atoms with van der Waals surface area (Å²) in [4.78, 5) is 12.9. The summed E-state index contributed by atoms with van der Waals surface area (Å²) in [5.41, 5.74) is 5.51. The maximum atomic E-state index is 12.9. The molecule has 1 aliphatic carbocycles. The fraction of sp³-hybridized carbons (Fsp3) is 0.393. The van der Waals surface area contributed by atoms with Gasteiger partial charge < -0.3 is 14.5 Å². The Kier molecular flexibility index (Phi) is 7.14. The van der Waals surface area contributed by atoms with E-state index < -0.39 is 0 Å². The number of allylic oxidation sites excluding steroid dienone is 1. The van der Waals surface area contributed by atoms with E-state index in [1.807, 2.05) is 45.0 Å². The molecule has 0 saturated heterocycles. The number of fused-ring (bicyclic) bond motifs is 1. The standard InChI is InChI=1S/C28H32ClNO3/c1-5-32-27-19(4)28-23(24(16-33-28)20-10-12-21(29)13-11-20)15-22(27)18(3)14-26(31)30-25-9-7-6-8-17(25)2/h10-17,25H,5-9H2,1-4H3,(H,30,31)/b18-14+. The fourth-order valence-corrected chi connectivity index (χ4v) is 4.95. The van der Waals surface area contributed by atoms with Crippen molar-refractivity contribution in [1.29, 1.82) is 0 Å². The van der Waals surface area contributed by atoms with Crippen LogP contribution in [0.15, 0.2) is 47.1 Å². The van der Waals surface area contributed by atoms with E-state index in [1.54, 1.807) is 12.3 Å². The van der Waals surface area contributed by atoms with Crippen LogP contribution in [0.3, 0.4) is 0 Å². The second-order valence-corrected chi connectivity index (χ2v) is 9.48. The first-order valence-electron chi connectivity index (χ1n) is 11.8. The Labute approximate surface area is 201 Å². The van der Waals surface area contributed by atoms with Gasteiger partial charge in [-0.1, -0.05) is 43.5 Å². The maximum Gasteiger partial charge on any atom is 0.244 e. The Hall–Kier alpha value is -2.72. The summed E-state index contributed by atoms with van der Waals surface area (Å²) in [5, 5.41) is 4.90. The van der Waals surface area contributed by atoms with Gasteiger partial charge in [0.15, 0.2) is 0 Å². The van der Waals surface area contributed by atoms with Crippen LogP contribution >= 0.6 is 11.6 Å². The maximum absolute atomic E-state index is 12.9. The van der Waals surface area contributed by atoms with Crippen molar-refractivity contribution in [2.45, 2.75) is 59.4 Å². The van der Waals surface area contributed by atoms with Crippen molar-refractivity contribution in [2.24, 2.45) is 5.92 Å². The van der Waals surface area contributed by atoms with E-state index in [1.165, 1.54) is 19.3 Å². The monoisotopic (exact) mass is 465 g/mol. The van der Waals surface area contributed by atoms with Gasteiger partial charge in [0.1, 0.15) is 11.3 Å². The normalized spacial score (nSPS) is 19.0. The van der Waals surface area contributed by atoms with Gasteiger partial charge in [0.2, 0.25) is 5.91 Å². The molecule has 1 fully saturated rings. The molecule has 0 radical (unpaired) electrons. The highest BCUT2D eigenvalue weighted by Crippen LogP contribution is 2.41. The van der Waals surface area contributed by atoms with Crippen LogP contribution in [0.25, 0.3) is 27.7 Å². The SMILES string of the molecule is CCOc1c(/C(C)=C/C(=O)NC2CCCCC2C)cc2c(-c3ccc(Cl)cc3)coc2c1C. The molecule has 4 rings (SSSR count). The lowest BCUT2D eigenvalue weighted by Crippen LogP contribution is -2.40. The number of hydrogen-bond acceptors (Lipinski definition) is 3. The molecule has 1 aromatic heterocycles. The molecular formula is C28H32ClNO3. The summed E-state index contributed by atoms with van der Waals surface area (Å²) in [6.45, 7) is 8.69. The first kappa shape index (κ1) is 23.4. The number of amides is 1. The summed E-state index contributed by atoms with van der Waals surface area (Å²) in [6.07, 6.45) is 8.12. The van der Waals surface area contributed by atoms with Crippen LogP contribution in [0.5, 0.6) is 5.75 Å². The van der Waals surface area contributed by atoms with Gasteiger partial charge in [-0.2, -0.15) is 0 Å². The molecule has 0 aliphatic heterocycles. The van der Waals surface area contributed by atoms with Gasteiger partial charge >= 0.3 is 0 Å². The first-order chi connectivity index (χ1) is 15.9. The number of carbonyl (C=O) groups excluding carboxylic acids is 1. The highest BCUT2D eigenvalue weighted by molar-refractivity contribution is 6.30. The van der Waals surface area contributed by atoms with E-state index >= 15 is 0 Å². The van der Waals surface area contributed by atoms with Gasteiger partial charge in [0.05, 0.1) is 12.9 Å². The lowest BCUT2D eigenvalue weighted by molar-refractivity contribution is -0.117. The smallest absolute Gasteiger partial charge is 0.244 e. The van der Waals surface area contributed by atoms with Crippen LogP contribution in [0.1, 0.15) is 57.6 Å². The molecule has 33 heavy (non-hydrogen) atoms. The predicted octanol–water partition coefficient (Wildman–Crippen LogP) is 7.56. The van der Waals surface area contributed by atoms with E-state index in [2.05, 4.69) is 18.3 Å². The van der Waals surface area contributed by atoms with Crippen molar-refractivity contribution >= 4 is 34.1 Å². The second-order valence-electron chi connectivity index (χ2n) is 9.05. The molecule has 1 heterocycles. The molecule has 2 unspecified atom stereocenters. The predicted molar refractivity (Wildman–Crippen MR) is 136 cm³/mol. The molecule has 1 saturated carbocycles. The minimum Gasteiger partial charge on any atom is -0.493 e. The zero-order chi connectivity index (χ0) is 23.5. The first-order valence-corrected chi connectivity index (χ1v) is 12.2. The summed E-state index contributed by atoms with van der Waals surface area (Å²) < 4.78 is 12.0. The lowest BCUT2D eigenvalue weighted by atomic mass is 9.86. The van der Waals surface area contributed by atoms with Crippen LogP contribution in [-0.2, 0) is 4.79 Å². The minimum atomic E-state index is -0.0448. The number of halogens is 1. The van der Waals surface area contributed by atoms with Crippen molar-refractivity contribution in [3.8, 4) is 16.9 Å². The summed E-state index contributed by atoms with van der Waals surface area (Å²) in [7, 11) is 0. The third-order valence-corrected chi connectivity index (χ3v) is 6.95. The number of hydrogen-bond donors (Lipinski definition) is 1. The Morgan fingerprint density at radius 1 is 1.24 bits per heavy atom. The topological polar surface area (TPSA) is 51.5 Å². The third-order valence-electron chi connectivity index (χ3n) is 6.70. The number of ether oxygens (including phenoxy) is 1. The average Bonchev–Trinajstić information content (AvgIpc) is 3.22. The van der Waals surface area contributed by atoms with Gasteiger partial charge in [0, 0.05) is 39.2 Å². The number of nitrogens with one attached hydrogen (secondary N) is 1. The van der Waals surface area contributed by atoms with Crippen molar-refractivity contribution in [1.82, 2.24) is 5.32 Å². The van der Waals surface area contributed by atoms with Gasteiger partial charge in [-0.3, -0.25) is 4.79 Å². The zero-order valence-corrected chi connectivity index (χ0v) is 20.6. The van der Waals surface area contributed by atoms with Crippen LogP contribution in [0, 0.1) is 12.8 Å². The lowest BCUT2D eigenvalue weighted by Gasteiger charge is -2.29. The Bertz CT molecular complexity index is 1180. The molecule has 3 aromatic rings. The van der Waals surface area contributed by atoms with Crippen molar-refractivity contribution in [3.63, 3.8) is 0 Å². The zero-order valence-electron chi connectivity index (χ0n) is 19.8. The number of furan rings is 1. The van der Waals surface area contributed by atoms with Crippen molar-refractivity contribution < 1.29 is 13.9 Å². The molecule has 0 bridgehead atoms. The number of benzene rings is 2. The summed E-state index contributed by atoms with van der Waals surface area (Å²) >= 11 is 6.08. The average molecular weight is 466 g/mol. The molecule has 5 heteroatoms. The molecule has 4 nitrogen and oxygen atoms in total. The summed E-state index contributed by atoms with van der Waals surface area (Å²) in [6, 6.07) is 10.0. The number of carbonyl (C=O) groups is 1. The highest BCUT2D eigenvalue weighted by Gasteiger charge is 2.23. The van der Waals surface area contributed by atoms with E-state index in [4.69, 9.17) is 20.8 Å². The number of rotatable bonds is 6. The highest BCUT2D eigenvalue weighted by atomic mass is 35.5. The molecule has 1 aliphatic rings.